The zero-order valence-electron chi connectivity index (χ0n) is 14.0. The van der Waals surface area contributed by atoms with Crippen LogP contribution in [0.4, 0.5) is 4.79 Å². The quantitative estimate of drug-likeness (QED) is 0.815. The fourth-order valence-electron chi connectivity index (χ4n) is 3.77. The Hall–Kier alpha value is -1.52. The molecule has 1 aliphatic heterocycles. The maximum absolute atomic E-state index is 12.4. The summed E-state index contributed by atoms with van der Waals surface area (Å²) in [6.45, 7) is 10.1. The van der Waals surface area contributed by atoms with Crippen molar-refractivity contribution in [3.8, 4) is 0 Å². The van der Waals surface area contributed by atoms with Crippen molar-refractivity contribution in [3.63, 3.8) is 0 Å². The molecular weight excluding hydrogens is 278 g/mol. The average Bonchev–Trinajstić information content (AvgIpc) is 2.47. The maximum Gasteiger partial charge on any atom is 0.317 e. The van der Waals surface area contributed by atoms with Gasteiger partial charge in [-0.15, -0.1) is 6.58 Å². The zero-order valence-corrected chi connectivity index (χ0v) is 14.0. The van der Waals surface area contributed by atoms with Crippen molar-refractivity contribution in [1.29, 1.82) is 0 Å². The van der Waals surface area contributed by atoms with Crippen LogP contribution in [0.15, 0.2) is 12.2 Å². The second kappa shape index (κ2) is 7.16. The summed E-state index contributed by atoms with van der Waals surface area (Å²) in [6.07, 6.45) is 6.37. The molecule has 0 aromatic carbocycles. The first-order valence-corrected chi connectivity index (χ1v) is 8.40. The van der Waals surface area contributed by atoms with Crippen LogP contribution < -0.4 is 5.32 Å². The number of urea groups is 1. The third kappa shape index (κ3) is 3.81. The van der Waals surface area contributed by atoms with Gasteiger partial charge in [0.05, 0.1) is 5.54 Å². The lowest BCUT2D eigenvalue weighted by atomic mass is 9.78. The highest BCUT2D eigenvalue weighted by molar-refractivity contribution is 5.77. The van der Waals surface area contributed by atoms with E-state index in [4.69, 9.17) is 0 Å². The van der Waals surface area contributed by atoms with Crippen LogP contribution in [0.2, 0.25) is 0 Å². The fourth-order valence-corrected chi connectivity index (χ4v) is 3.77. The molecule has 1 aliphatic carbocycles. The van der Waals surface area contributed by atoms with Gasteiger partial charge in [0.2, 0.25) is 5.91 Å². The molecule has 0 aromatic heterocycles. The highest BCUT2D eigenvalue weighted by atomic mass is 16.2. The van der Waals surface area contributed by atoms with E-state index in [0.29, 0.717) is 26.2 Å². The number of carbonyl (C=O) groups excluding carboxylic acids is 2. The van der Waals surface area contributed by atoms with Crippen LogP contribution in [0, 0.1) is 0 Å². The van der Waals surface area contributed by atoms with Gasteiger partial charge in [0.1, 0.15) is 0 Å². The fraction of sp³-hybridized carbons (Fsp3) is 0.765. The van der Waals surface area contributed by atoms with Gasteiger partial charge in [-0.25, -0.2) is 4.79 Å². The molecule has 1 saturated heterocycles. The Labute approximate surface area is 133 Å². The first kappa shape index (κ1) is 16.8. The minimum atomic E-state index is -0.131. The Kier molecular flexibility index (Phi) is 5.48. The Morgan fingerprint density at radius 2 is 1.82 bits per heavy atom. The second-order valence-corrected chi connectivity index (χ2v) is 6.82. The van der Waals surface area contributed by atoms with Gasteiger partial charge in [0.25, 0.3) is 0 Å². The summed E-state index contributed by atoms with van der Waals surface area (Å²) in [5.74, 6) is 0.143. The smallest absolute Gasteiger partial charge is 0.317 e. The molecule has 2 rings (SSSR count). The SMILES string of the molecule is C=C(C)CCNC(=O)N1CCN(C(C)=O)C2(CCCCC2)C1. The summed E-state index contributed by atoms with van der Waals surface area (Å²) in [4.78, 5) is 28.3. The highest BCUT2D eigenvalue weighted by Crippen LogP contribution is 2.36. The van der Waals surface area contributed by atoms with Gasteiger partial charge in [-0.3, -0.25) is 4.79 Å². The van der Waals surface area contributed by atoms with Gasteiger partial charge in [0.15, 0.2) is 0 Å². The van der Waals surface area contributed by atoms with Crippen molar-refractivity contribution < 1.29 is 9.59 Å². The number of carbonyl (C=O) groups is 2. The number of nitrogens with one attached hydrogen (secondary N) is 1. The molecule has 1 heterocycles. The third-order valence-electron chi connectivity index (χ3n) is 4.93. The number of amides is 3. The molecule has 0 radical (unpaired) electrons. The van der Waals surface area contributed by atoms with Crippen LogP contribution in [-0.4, -0.2) is 53.5 Å². The molecule has 0 bridgehead atoms. The molecule has 3 amide bonds. The Morgan fingerprint density at radius 3 is 2.41 bits per heavy atom. The van der Waals surface area contributed by atoms with E-state index in [2.05, 4.69) is 11.9 Å². The van der Waals surface area contributed by atoms with Crippen molar-refractivity contribution in [3.05, 3.63) is 12.2 Å². The van der Waals surface area contributed by atoms with Crippen LogP contribution >= 0.6 is 0 Å². The van der Waals surface area contributed by atoms with Gasteiger partial charge in [-0.05, 0) is 26.2 Å². The van der Waals surface area contributed by atoms with Crippen LogP contribution in [-0.2, 0) is 4.79 Å². The Balaban J connectivity index is 1.99. The van der Waals surface area contributed by atoms with E-state index < -0.39 is 0 Å². The van der Waals surface area contributed by atoms with Gasteiger partial charge in [0, 0.05) is 33.1 Å². The standard InChI is InChI=1S/C17H29N3O2/c1-14(2)7-10-18-16(22)19-11-12-20(15(3)21)17(13-19)8-5-4-6-9-17/h1,4-13H2,2-3H3,(H,18,22). The molecule has 124 valence electrons. The van der Waals surface area contributed by atoms with E-state index in [0.717, 1.165) is 37.7 Å². The van der Waals surface area contributed by atoms with Crippen LogP contribution in [0.25, 0.3) is 0 Å². The largest absolute Gasteiger partial charge is 0.338 e. The highest BCUT2D eigenvalue weighted by Gasteiger charge is 2.44. The predicted molar refractivity (Wildman–Crippen MR) is 87.6 cm³/mol. The molecule has 5 nitrogen and oxygen atoms in total. The number of hydrogen-bond donors (Lipinski definition) is 1. The molecule has 0 atom stereocenters. The number of piperazine rings is 1. The first-order chi connectivity index (χ1) is 10.4. The van der Waals surface area contributed by atoms with Crippen LogP contribution in [0.5, 0.6) is 0 Å². The second-order valence-electron chi connectivity index (χ2n) is 6.82. The number of nitrogens with zero attached hydrogens (tertiary/aromatic N) is 2. The summed E-state index contributed by atoms with van der Waals surface area (Å²) in [7, 11) is 0. The number of hydrogen-bond acceptors (Lipinski definition) is 2. The minimum absolute atomic E-state index is 0.00518. The minimum Gasteiger partial charge on any atom is -0.338 e. The molecule has 1 N–H and O–H groups in total. The zero-order chi connectivity index (χ0) is 16.2. The Bertz CT molecular complexity index is 441. The molecule has 5 heteroatoms. The summed E-state index contributed by atoms with van der Waals surface area (Å²) >= 11 is 0. The lowest BCUT2D eigenvalue weighted by Gasteiger charge is -2.52. The van der Waals surface area contributed by atoms with Crippen molar-refractivity contribution in [2.24, 2.45) is 0 Å². The predicted octanol–water partition coefficient (Wildman–Crippen LogP) is 2.53. The molecule has 0 aromatic rings. The third-order valence-corrected chi connectivity index (χ3v) is 4.93. The molecular formula is C17H29N3O2. The van der Waals surface area contributed by atoms with Crippen molar-refractivity contribution in [2.75, 3.05) is 26.2 Å². The summed E-state index contributed by atoms with van der Waals surface area (Å²) in [6, 6.07) is -0.00518. The average molecular weight is 307 g/mol. The topological polar surface area (TPSA) is 52.7 Å². The molecule has 1 spiro atoms. The van der Waals surface area contributed by atoms with Gasteiger partial charge in [-0.2, -0.15) is 0 Å². The first-order valence-electron chi connectivity index (χ1n) is 8.40. The van der Waals surface area contributed by atoms with E-state index in [1.54, 1.807) is 6.92 Å². The lowest BCUT2D eigenvalue weighted by Crippen LogP contribution is -2.66. The van der Waals surface area contributed by atoms with E-state index in [9.17, 15) is 9.59 Å². The molecule has 2 aliphatic rings. The van der Waals surface area contributed by atoms with E-state index >= 15 is 0 Å². The van der Waals surface area contributed by atoms with E-state index in [-0.39, 0.29) is 17.5 Å². The van der Waals surface area contributed by atoms with Crippen molar-refractivity contribution in [1.82, 2.24) is 15.1 Å². The molecule has 2 fully saturated rings. The molecule has 0 unspecified atom stereocenters. The molecule has 1 saturated carbocycles. The van der Waals surface area contributed by atoms with E-state index in [1.807, 2.05) is 16.7 Å². The van der Waals surface area contributed by atoms with Gasteiger partial charge < -0.3 is 15.1 Å². The van der Waals surface area contributed by atoms with Crippen molar-refractivity contribution >= 4 is 11.9 Å². The van der Waals surface area contributed by atoms with Gasteiger partial charge in [-0.1, -0.05) is 24.8 Å². The lowest BCUT2D eigenvalue weighted by molar-refractivity contribution is -0.141. The van der Waals surface area contributed by atoms with Crippen molar-refractivity contribution in [2.45, 2.75) is 57.9 Å². The van der Waals surface area contributed by atoms with E-state index in [1.165, 1.54) is 6.42 Å². The summed E-state index contributed by atoms with van der Waals surface area (Å²) < 4.78 is 0. The van der Waals surface area contributed by atoms with Gasteiger partial charge >= 0.3 is 6.03 Å². The maximum atomic E-state index is 12.4. The van der Waals surface area contributed by atoms with Crippen LogP contribution in [0.3, 0.4) is 0 Å². The monoisotopic (exact) mass is 307 g/mol. The summed E-state index contributed by atoms with van der Waals surface area (Å²) in [5.41, 5.74) is 0.944. The molecule has 22 heavy (non-hydrogen) atoms. The Morgan fingerprint density at radius 1 is 1.14 bits per heavy atom. The summed E-state index contributed by atoms with van der Waals surface area (Å²) in [5, 5.41) is 2.97. The number of rotatable bonds is 3. The van der Waals surface area contributed by atoms with Crippen LogP contribution in [0.1, 0.15) is 52.4 Å². The normalized spacial score (nSPS) is 20.8.